The summed E-state index contributed by atoms with van der Waals surface area (Å²) < 4.78 is 10.4. The van der Waals surface area contributed by atoms with Crippen molar-refractivity contribution < 1.29 is 24.2 Å². The third-order valence-corrected chi connectivity index (χ3v) is 3.79. The van der Waals surface area contributed by atoms with Crippen LogP contribution in [0, 0.1) is 17.2 Å². The second-order valence-corrected chi connectivity index (χ2v) is 5.60. The Labute approximate surface area is 133 Å². The van der Waals surface area contributed by atoms with Crippen molar-refractivity contribution in [1.82, 2.24) is 5.32 Å². The number of ether oxygens (including phenoxy) is 2. The van der Waals surface area contributed by atoms with Crippen LogP contribution in [0.3, 0.4) is 0 Å². The van der Waals surface area contributed by atoms with E-state index in [9.17, 15) is 14.9 Å². The van der Waals surface area contributed by atoms with Crippen molar-refractivity contribution >= 4 is 11.9 Å². The lowest BCUT2D eigenvalue weighted by molar-refractivity contribution is -0.124. The Kier molecular flexibility index (Phi) is 4.74. The van der Waals surface area contributed by atoms with E-state index in [4.69, 9.17) is 14.6 Å². The third-order valence-electron chi connectivity index (χ3n) is 3.79. The first-order valence-corrected chi connectivity index (χ1v) is 7.16. The minimum Gasteiger partial charge on any atom is -0.493 e. The average Bonchev–Trinajstić information content (AvgIpc) is 3.37. The zero-order chi connectivity index (χ0) is 17.0. The van der Waals surface area contributed by atoms with E-state index in [0.29, 0.717) is 0 Å². The maximum atomic E-state index is 12.0. The van der Waals surface area contributed by atoms with E-state index >= 15 is 0 Å². The Hall–Kier alpha value is -2.75. The van der Waals surface area contributed by atoms with Gasteiger partial charge in [0.2, 0.25) is 0 Å². The number of nitrogens with one attached hydrogen (secondary N) is 1. The molecule has 1 fully saturated rings. The molecule has 23 heavy (non-hydrogen) atoms. The predicted molar refractivity (Wildman–Crippen MR) is 80.3 cm³/mol. The molecule has 1 atom stereocenters. The first-order valence-electron chi connectivity index (χ1n) is 7.16. The van der Waals surface area contributed by atoms with Crippen LogP contribution in [0.5, 0.6) is 11.5 Å². The molecule has 0 bridgehead atoms. The number of amides is 1. The van der Waals surface area contributed by atoms with Crippen LogP contribution in [0.15, 0.2) is 18.2 Å². The zero-order valence-corrected chi connectivity index (χ0v) is 13.0. The number of nitriles is 1. The molecule has 2 rings (SSSR count). The van der Waals surface area contributed by atoms with Crippen molar-refractivity contribution in [2.75, 3.05) is 13.7 Å². The summed E-state index contributed by atoms with van der Waals surface area (Å²) in [4.78, 5) is 22.9. The highest BCUT2D eigenvalue weighted by molar-refractivity contribution is 5.88. The number of carbonyl (C=O) groups excluding carboxylic acids is 1. The molecule has 0 spiro atoms. The molecule has 0 radical (unpaired) electrons. The number of carboxylic acids is 1. The summed E-state index contributed by atoms with van der Waals surface area (Å²) in [5.74, 6) is -0.825. The van der Waals surface area contributed by atoms with Crippen molar-refractivity contribution in [3.8, 4) is 17.6 Å². The standard InChI is InChI=1S/C16H18N2O5/c1-16(9-17,11-4-5-11)18-14(19)8-23-12-6-3-10(15(20)21)7-13(12)22-2/h3,6-7,11H,4-5,8H2,1-2H3,(H,18,19)(H,20,21)/t16-/m1/s1. The maximum Gasteiger partial charge on any atom is 0.335 e. The highest BCUT2D eigenvalue weighted by Gasteiger charge is 2.43. The van der Waals surface area contributed by atoms with Gasteiger partial charge in [0.15, 0.2) is 18.1 Å². The summed E-state index contributed by atoms with van der Waals surface area (Å²) in [6.07, 6.45) is 1.85. The lowest BCUT2D eigenvalue weighted by Crippen LogP contribution is -2.48. The van der Waals surface area contributed by atoms with E-state index in [1.54, 1.807) is 6.92 Å². The number of carbonyl (C=O) groups is 2. The van der Waals surface area contributed by atoms with Gasteiger partial charge in [-0.3, -0.25) is 4.79 Å². The molecule has 0 saturated heterocycles. The summed E-state index contributed by atoms with van der Waals surface area (Å²) >= 11 is 0. The topological polar surface area (TPSA) is 109 Å². The molecule has 7 nitrogen and oxygen atoms in total. The van der Waals surface area contributed by atoms with Crippen molar-refractivity contribution in [2.24, 2.45) is 5.92 Å². The molecule has 0 unspecified atom stereocenters. The predicted octanol–water partition coefficient (Wildman–Crippen LogP) is 1.58. The number of nitrogens with zero attached hydrogens (tertiary/aromatic N) is 1. The number of benzene rings is 1. The highest BCUT2D eigenvalue weighted by atomic mass is 16.5. The summed E-state index contributed by atoms with van der Waals surface area (Å²) in [5, 5.41) is 20.8. The van der Waals surface area contributed by atoms with Gasteiger partial charge in [0, 0.05) is 0 Å². The zero-order valence-electron chi connectivity index (χ0n) is 13.0. The monoisotopic (exact) mass is 318 g/mol. The molecule has 122 valence electrons. The first kappa shape index (κ1) is 16.6. The number of aromatic carboxylic acids is 1. The number of rotatable bonds is 7. The average molecular weight is 318 g/mol. The van der Waals surface area contributed by atoms with E-state index in [1.807, 2.05) is 0 Å². The largest absolute Gasteiger partial charge is 0.493 e. The fourth-order valence-electron chi connectivity index (χ4n) is 2.27. The molecular formula is C16H18N2O5. The van der Waals surface area contributed by atoms with Gasteiger partial charge in [0.25, 0.3) is 5.91 Å². The normalized spacial score (nSPS) is 15.9. The van der Waals surface area contributed by atoms with Crippen LogP contribution < -0.4 is 14.8 Å². The molecule has 1 aromatic carbocycles. The van der Waals surface area contributed by atoms with Gasteiger partial charge in [-0.2, -0.15) is 5.26 Å². The Bertz CT molecular complexity index is 663. The van der Waals surface area contributed by atoms with Crippen molar-refractivity contribution in [3.05, 3.63) is 23.8 Å². The van der Waals surface area contributed by atoms with Crippen molar-refractivity contribution in [3.63, 3.8) is 0 Å². The summed E-state index contributed by atoms with van der Waals surface area (Å²) in [6, 6.07) is 6.25. The summed E-state index contributed by atoms with van der Waals surface area (Å²) in [5.41, 5.74) is -0.818. The Balaban J connectivity index is 1.99. The van der Waals surface area contributed by atoms with Crippen LogP contribution in [-0.2, 0) is 4.79 Å². The smallest absolute Gasteiger partial charge is 0.335 e. The van der Waals surface area contributed by atoms with Gasteiger partial charge < -0.3 is 19.9 Å². The van der Waals surface area contributed by atoms with Crippen LogP contribution in [0.4, 0.5) is 0 Å². The van der Waals surface area contributed by atoms with Gasteiger partial charge in [-0.1, -0.05) is 0 Å². The minimum absolute atomic E-state index is 0.0597. The van der Waals surface area contributed by atoms with E-state index < -0.39 is 17.4 Å². The first-order chi connectivity index (χ1) is 10.9. The van der Waals surface area contributed by atoms with E-state index in [2.05, 4.69) is 11.4 Å². The van der Waals surface area contributed by atoms with Gasteiger partial charge in [0.1, 0.15) is 5.54 Å². The summed E-state index contributed by atoms with van der Waals surface area (Å²) in [7, 11) is 1.38. The Morgan fingerprint density at radius 2 is 2.13 bits per heavy atom. The Morgan fingerprint density at radius 3 is 2.65 bits per heavy atom. The number of hydrogen-bond donors (Lipinski definition) is 2. The quantitative estimate of drug-likeness (QED) is 0.790. The molecule has 1 amide bonds. The molecule has 1 aliphatic carbocycles. The SMILES string of the molecule is COc1cc(C(=O)O)ccc1OCC(=O)N[C@](C)(C#N)C1CC1. The number of carboxylic acid groups (broad SMARTS) is 1. The van der Waals surface area contributed by atoms with Gasteiger partial charge in [-0.15, -0.1) is 0 Å². The van der Waals surface area contributed by atoms with Gasteiger partial charge in [0.05, 0.1) is 18.7 Å². The maximum absolute atomic E-state index is 12.0. The van der Waals surface area contributed by atoms with Crippen LogP contribution in [0.2, 0.25) is 0 Å². The molecule has 2 N–H and O–H groups in total. The molecule has 1 aliphatic rings. The van der Waals surface area contributed by atoms with Gasteiger partial charge in [-0.05, 0) is 43.9 Å². The molecule has 0 heterocycles. The number of methoxy groups -OCH3 is 1. The lowest BCUT2D eigenvalue weighted by Gasteiger charge is -2.23. The van der Waals surface area contributed by atoms with E-state index in [1.165, 1.54) is 25.3 Å². The highest BCUT2D eigenvalue weighted by Crippen LogP contribution is 2.39. The summed E-state index contributed by atoms with van der Waals surface area (Å²) in [6.45, 7) is 1.41. The third kappa shape index (κ3) is 3.92. The fourth-order valence-corrected chi connectivity index (χ4v) is 2.27. The second kappa shape index (κ2) is 6.57. The molecule has 1 aromatic rings. The molecule has 7 heteroatoms. The van der Waals surface area contributed by atoms with E-state index in [0.717, 1.165) is 12.8 Å². The fraction of sp³-hybridized carbons (Fsp3) is 0.438. The van der Waals surface area contributed by atoms with Crippen molar-refractivity contribution in [2.45, 2.75) is 25.3 Å². The molecule has 0 aromatic heterocycles. The van der Waals surface area contributed by atoms with Crippen LogP contribution in [0.25, 0.3) is 0 Å². The minimum atomic E-state index is -1.08. The van der Waals surface area contributed by atoms with Crippen LogP contribution in [0.1, 0.15) is 30.1 Å². The molecule has 1 saturated carbocycles. The molecular weight excluding hydrogens is 300 g/mol. The second-order valence-electron chi connectivity index (χ2n) is 5.60. The lowest BCUT2D eigenvalue weighted by atomic mass is 9.98. The van der Waals surface area contributed by atoms with Crippen LogP contribution >= 0.6 is 0 Å². The van der Waals surface area contributed by atoms with Gasteiger partial charge in [-0.25, -0.2) is 4.79 Å². The van der Waals surface area contributed by atoms with E-state index in [-0.39, 0.29) is 29.6 Å². The van der Waals surface area contributed by atoms with Crippen molar-refractivity contribution in [1.29, 1.82) is 5.26 Å². The van der Waals surface area contributed by atoms with Crippen LogP contribution in [-0.4, -0.2) is 36.2 Å². The number of hydrogen-bond acceptors (Lipinski definition) is 5. The Morgan fingerprint density at radius 1 is 1.43 bits per heavy atom. The molecule has 0 aliphatic heterocycles. The van der Waals surface area contributed by atoms with Gasteiger partial charge >= 0.3 is 5.97 Å².